The van der Waals surface area contributed by atoms with Crippen LogP contribution >= 0.6 is 11.8 Å². The molecule has 6 nitrogen and oxygen atoms in total. The van der Waals surface area contributed by atoms with E-state index in [1.807, 2.05) is 26.8 Å². The van der Waals surface area contributed by atoms with Crippen molar-refractivity contribution in [2.75, 3.05) is 12.9 Å². The third-order valence-electron chi connectivity index (χ3n) is 3.60. The van der Waals surface area contributed by atoms with E-state index in [-0.39, 0.29) is 18.4 Å². The van der Waals surface area contributed by atoms with E-state index in [2.05, 4.69) is 55.2 Å². The molecule has 7 heteroatoms. The summed E-state index contributed by atoms with van der Waals surface area (Å²) in [5.74, 6) is 2.08. The van der Waals surface area contributed by atoms with Gasteiger partial charge in [0.25, 0.3) is 0 Å². The van der Waals surface area contributed by atoms with Crippen LogP contribution in [0.25, 0.3) is 10.8 Å². The van der Waals surface area contributed by atoms with Gasteiger partial charge in [0.1, 0.15) is 5.75 Å². The van der Waals surface area contributed by atoms with Gasteiger partial charge in [0.05, 0.1) is 7.11 Å². The van der Waals surface area contributed by atoms with Crippen LogP contribution in [0.2, 0.25) is 0 Å². The van der Waals surface area contributed by atoms with Crippen molar-refractivity contribution in [3.05, 3.63) is 42.0 Å². The monoisotopic (exact) mass is 436 g/mol. The molecule has 0 radical (unpaired) electrons. The number of hydrogen-bond donors (Lipinski definition) is 2. The molecule has 0 saturated heterocycles. The molecule has 2 aromatic carbocycles. The molecule has 1 unspecified atom stereocenters. The molecular weight excluding hydrogens is 400 g/mol. The first-order valence-electron chi connectivity index (χ1n) is 9.84. The van der Waals surface area contributed by atoms with Crippen molar-refractivity contribution in [3.63, 3.8) is 0 Å². The van der Waals surface area contributed by atoms with Crippen LogP contribution in [0.3, 0.4) is 0 Å². The van der Waals surface area contributed by atoms with Crippen molar-refractivity contribution in [1.29, 1.82) is 0 Å². The summed E-state index contributed by atoms with van der Waals surface area (Å²) in [7, 11) is 1.70. The Morgan fingerprint density at radius 3 is 2.10 bits per heavy atom. The Morgan fingerprint density at radius 1 is 1.10 bits per heavy atom. The Kier molecular flexibility index (Phi) is 18.3. The summed E-state index contributed by atoms with van der Waals surface area (Å²) in [5.41, 5.74) is 6.32. The van der Waals surface area contributed by atoms with Gasteiger partial charge in [-0.1, -0.05) is 63.7 Å². The van der Waals surface area contributed by atoms with Crippen molar-refractivity contribution < 1.29 is 19.1 Å². The number of hydrogen-bond acceptors (Lipinski definition) is 5. The SMILES string of the molecule is CC.CC(=O)NC(C)CSC=O.COc1ccc2cc(C(C)C)ccc2c1.NC=O. The molecule has 0 heterocycles. The van der Waals surface area contributed by atoms with Gasteiger partial charge in [-0.15, -0.1) is 0 Å². The molecule has 2 aromatic rings. The minimum atomic E-state index is -0.0565. The summed E-state index contributed by atoms with van der Waals surface area (Å²) in [6.07, 6.45) is 0.250. The largest absolute Gasteiger partial charge is 0.497 e. The first kappa shape index (κ1) is 29.7. The molecule has 30 heavy (non-hydrogen) atoms. The molecule has 0 aliphatic heterocycles. The Labute approximate surface area is 184 Å². The van der Waals surface area contributed by atoms with Gasteiger partial charge >= 0.3 is 0 Å². The molecule has 3 N–H and O–H groups in total. The summed E-state index contributed by atoms with van der Waals surface area (Å²) in [6.45, 7) is 11.7. The second-order valence-electron chi connectivity index (χ2n) is 6.29. The third-order valence-corrected chi connectivity index (χ3v) is 4.43. The van der Waals surface area contributed by atoms with Crippen LogP contribution in [-0.4, -0.2) is 36.8 Å². The minimum Gasteiger partial charge on any atom is -0.497 e. The standard InChI is InChI=1S/C14H16O.C6H11NO2S.C2H6.CH3NO/c1-10(2)11-4-5-13-9-14(15-3)7-6-12(13)8-11;1-5(3-10-4-8)7-6(2)9;1-2;2-1-3/h4-10H,1-3H3;4-5H,3H2,1-2H3,(H,7,9);1-2H3;1H,(H2,2,3). The second kappa shape index (κ2) is 18.5. The Balaban J connectivity index is 0. The van der Waals surface area contributed by atoms with Crippen molar-refractivity contribution in [1.82, 2.24) is 5.32 Å². The van der Waals surface area contributed by atoms with Gasteiger partial charge in [-0.2, -0.15) is 0 Å². The summed E-state index contributed by atoms with van der Waals surface area (Å²) < 4.78 is 5.20. The number of thioether (sulfide) groups is 1. The number of fused-ring (bicyclic) bond motifs is 1. The molecule has 1 atom stereocenters. The Hall–Kier alpha value is -2.54. The minimum absolute atomic E-state index is 0.0565. The summed E-state index contributed by atoms with van der Waals surface area (Å²) in [4.78, 5) is 28.8. The molecular formula is C23H36N2O4S. The number of carbonyl (C=O) groups excluding carboxylic acids is 3. The lowest BCUT2D eigenvalue weighted by atomic mass is 9.99. The van der Waals surface area contributed by atoms with Gasteiger partial charge in [-0.3, -0.25) is 14.4 Å². The Bertz CT molecular complexity index is 751. The first-order valence-corrected chi connectivity index (χ1v) is 10.9. The summed E-state index contributed by atoms with van der Waals surface area (Å²) >= 11 is 1.16. The van der Waals surface area contributed by atoms with E-state index in [4.69, 9.17) is 9.53 Å². The predicted molar refractivity (Wildman–Crippen MR) is 129 cm³/mol. The van der Waals surface area contributed by atoms with Crippen LogP contribution in [0.5, 0.6) is 5.75 Å². The van der Waals surface area contributed by atoms with Crippen LogP contribution in [-0.2, 0) is 14.4 Å². The first-order chi connectivity index (χ1) is 14.3. The molecule has 0 aliphatic rings. The number of ether oxygens (including phenoxy) is 1. The van der Waals surface area contributed by atoms with E-state index in [0.29, 0.717) is 11.7 Å². The molecule has 168 valence electrons. The fourth-order valence-corrected chi connectivity index (χ4v) is 2.75. The van der Waals surface area contributed by atoms with Gasteiger partial charge in [-0.25, -0.2) is 0 Å². The average molecular weight is 437 g/mol. The van der Waals surface area contributed by atoms with E-state index in [1.54, 1.807) is 7.11 Å². The summed E-state index contributed by atoms with van der Waals surface area (Å²) in [6, 6.07) is 12.9. The number of amides is 2. The number of carbonyl (C=O) groups is 3. The van der Waals surface area contributed by atoms with Crippen molar-refractivity contribution >= 4 is 40.5 Å². The molecule has 0 fully saturated rings. The Morgan fingerprint density at radius 2 is 1.63 bits per heavy atom. The molecule has 0 aromatic heterocycles. The highest BCUT2D eigenvalue weighted by Gasteiger charge is 2.02. The number of nitrogens with two attached hydrogens (primary N) is 1. The normalized spacial score (nSPS) is 10.1. The van der Waals surface area contributed by atoms with E-state index in [0.717, 1.165) is 23.1 Å². The van der Waals surface area contributed by atoms with E-state index in [1.165, 1.54) is 23.3 Å². The quantitative estimate of drug-likeness (QED) is 0.648. The van der Waals surface area contributed by atoms with Crippen LogP contribution in [0.15, 0.2) is 36.4 Å². The maximum absolute atomic E-state index is 10.4. The molecule has 0 bridgehead atoms. The number of benzene rings is 2. The van der Waals surface area contributed by atoms with E-state index < -0.39 is 0 Å². The zero-order valence-corrected chi connectivity index (χ0v) is 19.9. The van der Waals surface area contributed by atoms with Gasteiger partial charge in [0, 0.05) is 18.7 Å². The van der Waals surface area contributed by atoms with Gasteiger partial charge in [0.15, 0.2) is 5.62 Å². The van der Waals surface area contributed by atoms with Crippen LogP contribution < -0.4 is 15.8 Å². The molecule has 0 saturated carbocycles. The lowest BCUT2D eigenvalue weighted by molar-refractivity contribution is -0.119. The van der Waals surface area contributed by atoms with E-state index >= 15 is 0 Å². The maximum atomic E-state index is 10.4. The highest BCUT2D eigenvalue weighted by molar-refractivity contribution is 8.11. The molecule has 0 spiro atoms. The third kappa shape index (κ3) is 13.6. The number of primary amides is 1. The zero-order valence-electron chi connectivity index (χ0n) is 19.1. The van der Waals surface area contributed by atoms with Crippen molar-refractivity contribution in [3.8, 4) is 5.75 Å². The summed E-state index contributed by atoms with van der Waals surface area (Å²) in [5, 5.41) is 5.17. The van der Waals surface area contributed by atoms with Crippen molar-refractivity contribution in [2.24, 2.45) is 5.73 Å². The predicted octanol–water partition coefficient (Wildman–Crippen LogP) is 4.53. The fourth-order valence-electron chi connectivity index (χ4n) is 2.30. The van der Waals surface area contributed by atoms with Crippen molar-refractivity contribution in [2.45, 2.75) is 53.5 Å². The highest BCUT2D eigenvalue weighted by atomic mass is 32.2. The number of methoxy groups -OCH3 is 1. The van der Waals surface area contributed by atoms with Gasteiger partial charge < -0.3 is 15.8 Å². The molecule has 2 rings (SSSR count). The van der Waals surface area contributed by atoms with Crippen LogP contribution in [0, 0.1) is 0 Å². The highest BCUT2D eigenvalue weighted by Crippen LogP contribution is 2.24. The second-order valence-corrected chi connectivity index (χ2v) is 7.15. The van der Waals surface area contributed by atoms with Crippen LogP contribution in [0.4, 0.5) is 0 Å². The number of nitrogens with one attached hydrogen (secondary N) is 1. The van der Waals surface area contributed by atoms with Gasteiger partial charge in [0.2, 0.25) is 12.3 Å². The van der Waals surface area contributed by atoms with E-state index in [9.17, 15) is 9.59 Å². The van der Waals surface area contributed by atoms with Gasteiger partial charge in [-0.05, 0) is 41.3 Å². The smallest absolute Gasteiger partial charge is 0.217 e. The number of rotatable bonds is 6. The topological polar surface area (TPSA) is 98.5 Å². The van der Waals surface area contributed by atoms with Crippen LogP contribution in [0.1, 0.15) is 53.0 Å². The maximum Gasteiger partial charge on any atom is 0.217 e. The molecule has 2 amide bonds. The fraction of sp³-hybridized carbons (Fsp3) is 0.435. The molecule has 0 aliphatic carbocycles. The zero-order chi connectivity index (χ0) is 23.5. The average Bonchev–Trinajstić information content (AvgIpc) is 2.73. The lowest BCUT2D eigenvalue weighted by Crippen LogP contribution is -2.32. The lowest BCUT2D eigenvalue weighted by Gasteiger charge is -2.08.